The van der Waals surface area contributed by atoms with Crippen molar-refractivity contribution >= 4 is 23.7 Å². The molecule has 1 aliphatic heterocycles. The van der Waals surface area contributed by atoms with Crippen LogP contribution in [-0.2, 0) is 4.74 Å². The van der Waals surface area contributed by atoms with E-state index in [0.717, 1.165) is 18.0 Å². The minimum absolute atomic E-state index is 0.252. The second-order valence-electron chi connectivity index (χ2n) is 4.74. The van der Waals surface area contributed by atoms with Gasteiger partial charge in [-0.2, -0.15) is 15.0 Å². The van der Waals surface area contributed by atoms with E-state index in [9.17, 15) is 0 Å². The second-order valence-corrected chi connectivity index (χ2v) is 5.75. The Kier molecular flexibility index (Phi) is 4.21. The van der Waals surface area contributed by atoms with E-state index >= 15 is 0 Å². The Morgan fingerprint density at radius 3 is 2.67 bits per heavy atom. The lowest BCUT2D eigenvalue weighted by atomic mass is 10.2. The predicted octanol–water partition coefficient (Wildman–Crippen LogP) is 1.75. The highest BCUT2D eigenvalue weighted by Crippen LogP contribution is 2.28. The van der Waals surface area contributed by atoms with E-state index in [1.54, 1.807) is 0 Å². The van der Waals surface area contributed by atoms with Crippen molar-refractivity contribution in [3.05, 3.63) is 29.8 Å². The van der Waals surface area contributed by atoms with E-state index in [4.69, 9.17) is 10.5 Å². The number of hydrogen-bond acceptors (Lipinski definition) is 7. The molecule has 1 fully saturated rings. The highest BCUT2D eigenvalue weighted by Gasteiger charge is 2.16. The second kappa shape index (κ2) is 6.28. The first-order valence-corrected chi connectivity index (χ1v) is 7.62. The maximum absolute atomic E-state index is 5.82. The summed E-state index contributed by atoms with van der Waals surface area (Å²) in [5.74, 6) is 0.879. The molecule has 1 saturated heterocycles. The normalized spacial score (nSPS) is 15.2. The number of ether oxygens (including phenoxy) is 1. The van der Waals surface area contributed by atoms with Gasteiger partial charge in [-0.3, -0.25) is 0 Å². The Morgan fingerprint density at radius 2 is 1.90 bits per heavy atom. The van der Waals surface area contributed by atoms with E-state index in [-0.39, 0.29) is 5.95 Å². The van der Waals surface area contributed by atoms with E-state index < -0.39 is 0 Å². The number of anilines is 2. The molecule has 1 aromatic carbocycles. The number of nitrogens with zero attached hydrogens (tertiary/aromatic N) is 4. The average molecular weight is 303 g/mol. The van der Waals surface area contributed by atoms with Crippen LogP contribution in [-0.4, -0.2) is 41.3 Å². The third kappa shape index (κ3) is 3.43. The summed E-state index contributed by atoms with van der Waals surface area (Å²) in [6.07, 6.45) is 0. The molecule has 0 spiro atoms. The van der Waals surface area contributed by atoms with E-state index in [1.165, 1.54) is 17.3 Å². The summed E-state index contributed by atoms with van der Waals surface area (Å²) in [4.78, 5) is 16.2. The molecule has 110 valence electrons. The quantitative estimate of drug-likeness (QED) is 0.925. The number of benzene rings is 1. The Balaban J connectivity index is 1.85. The summed E-state index contributed by atoms with van der Waals surface area (Å²) in [7, 11) is 0. The molecule has 7 heteroatoms. The largest absolute Gasteiger partial charge is 0.378 e. The van der Waals surface area contributed by atoms with Gasteiger partial charge in [0.25, 0.3) is 0 Å². The summed E-state index contributed by atoms with van der Waals surface area (Å²) in [6, 6.07) is 8.13. The minimum atomic E-state index is 0.252. The molecule has 0 atom stereocenters. The van der Waals surface area contributed by atoms with Crippen molar-refractivity contribution in [1.82, 2.24) is 15.0 Å². The van der Waals surface area contributed by atoms with Gasteiger partial charge in [-0.25, -0.2) is 0 Å². The first-order valence-electron chi connectivity index (χ1n) is 6.80. The number of hydrogen-bond donors (Lipinski definition) is 1. The Bertz CT molecular complexity index is 631. The first-order chi connectivity index (χ1) is 10.2. The monoisotopic (exact) mass is 303 g/mol. The lowest BCUT2D eigenvalue weighted by Gasteiger charge is -2.26. The van der Waals surface area contributed by atoms with Gasteiger partial charge in [-0.05, 0) is 30.3 Å². The summed E-state index contributed by atoms with van der Waals surface area (Å²) >= 11 is 1.51. The fraction of sp³-hybridized carbons (Fsp3) is 0.357. The molecule has 0 bridgehead atoms. The molecule has 1 aromatic heterocycles. The zero-order valence-corrected chi connectivity index (χ0v) is 12.6. The molecule has 0 radical (unpaired) electrons. The fourth-order valence-corrected chi connectivity index (χ4v) is 2.92. The minimum Gasteiger partial charge on any atom is -0.378 e. The van der Waals surface area contributed by atoms with Gasteiger partial charge in [0, 0.05) is 18.0 Å². The van der Waals surface area contributed by atoms with Crippen LogP contribution in [0, 0.1) is 6.92 Å². The van der Waals surface area contributed by atoms with Gasteiger partial charge in [-0.1, -0.05) is 18.2 Å². The Hall–Kier alpha value is -1.86. The van der Waals surface area contributed by atoms with Crippen LogP contribution in [0.15, 0.2) is 34.3 Å². The molecule has 21 heavy (non-hydrogen) atoms. The average Bonchev–Trinajstić information content (AvgIpc) is 2.50. The molecule has 0 aliphatic carbocycles. The van der Waals surface area contributed by atoms with Crippen LogP contribution in [0.25, 0.3) is 0 Å². The molecule has 2 heterocycles. The Labute approximate surface area is 127 Å². The smallest absolute Gasteiger partial charge is 0.231 e. The van der Waals surface area contributed by atoms with E-state index in [1.807, 2.05) is 18.2 Å². The molecule has 2 N–H and O–H groups in total. The molecule has 1 aliphatic rings. The number of aromatic nitrogens is 3. The van der Waals surface area contributed by atoms with Gasteiger partial charge >= 0.3 is 0 Å². The van der Waals surface area contributed by atoms with E-state index in [2.05, 4.69) is 32.8 Å². The molecular weight excluding hydrogens is 286 g/mol. The van der Waals surface area contributed by atoms with Crippen molar-refractivity contribution in [2.45, 2.75) is 17.0 Å². The van der Waals surface area contributed by atoms with Crippen molar-refractivity contribution in [1.29, 1.82) is 0 Å². The van der Waals surface area contributed by atoms with Crippen LogP contribution in [0.1, 0.15) is 5.56 Å². The number of rotatable bonds is 3. The lowest BCUT2D eigenvalue weighted by Crippen LogP contribution is -2.37. The zero-order chi connectivity index (χ0) is 14.7. The first kappa shape index (κ1) is 14.1. The SMILES string of the molecule is Cc1ccccc1Sc1nc(N)nc(N2CCOCC2)n1. The highest BCUT2D eigenvalue weighted by molar-refractivity contribution is 7.99. The molecule has 6 nitrogen and oxygen atoms in total. The molecule has 0 saturated carbocycles. The molecule has 3 rings (SSSR count). The number of aryl methyl sites for hydroxylation is 1. The van der Waals surface area contributed by atoms with Crippen LogP contribution in [0.4, 0.5) is 11.9 Å². The summed E-state index contributed by atoms with van der Waals surface area (Å²) in [5.41, 5.74) is 7.01. The van der Waals surface area contributed by atoms with Gasteiger partial charge in [0.1, 0.15) is 0 Å². The standard InChI is InChI=1S/C14H17N5OS/c1-10-4-2-3-5-11(10)21-14-17-12(15)16-13(18-14)19-6-8-20-9-7-19/h2-5H,6-9H2,1H3,(H2,15,16,17,18). The van der Waals surface area contributed by atoms with Crippen LogP contribution < -0.4 is 10.6 Å². The number of morpholine rings is 1. The lowest BCUT2D eigenvalue weighted by molar-refractivity contribution is 0.122. The molecular formula is C14H17N5OS. The van der Waals surface area contributed by atoms with Crippen LogP contribution in [0.3, 0.4) is 0 Å². The summed E-state index contributed by atoms with van der Waals surface area (Å²) in [6.45, 7) is 4.99. The Morgan fingerprint density at radius 1 is 1.14 bits per heavy atom. The van der Waals surface area contributed by atoms with Crippen molar-refractivity contribution in [2.24, 2.45) is 0 Å². The summed E-state index contributed by atoms with van der Waals surface area (Å²) < 4.78 is 5.34. The van der Waals surface area contributed by atoms with Crippen molar-refractivity contribution in [2.75, 3.05) is 36.9 Å². The topological polar surface area (TPSA) is 77.2 Å². The number of nitrogens with two attached hydrogens (primary N) is 1. The van der Waals surface area contributed by atoms with Gasteiger partial charge in [0.2, 0.25) is 11.9 Å². The maximum Gasteiger partial charge on any atom is 0.231 e. The zero-order valence-electron chi connectivity index (χ0n) is 11.8. The summed E-state index contributed by atoms with van der Waals surface area (Å²) in [5, 5.41) is 0.623. The van der Waals surface area contributed by atoms with Gasteiger partial charge in [0.15, 0.2) is 5.16 Å². The van der Waals surface area contributed by atoms with E-state index in [0.29, 0.717) is 24.3 Å². The van der Waals surface area contributed by atoms with Crippen LogP contribution in [0.2, 0.25) is 0 Å². The van der Waals surface area contributed by atoms with Crippen LogP contribution in [0.5, 0.6) is 0 Å². The number of nitrogen functional groups attached to an aromatic ring is 1. The predicted molar refractivity (Wildman–Crippen MR) is 82.6 cm³/mol. The third-order valence-electron chi connectivity index (χ3n) is 3.21. The molecule has 0 unspecified atom stereocenters. The van der Waals surface area contributed by atoms with Crippen molar-refractivity contribution in [3.63, 3.8) is 0 Å². The fourth-order valence-electron chi connectivity index (χ4n) is 2.08. The van der Waals surface area contributed by atoms with Crippen molar-refractivity contribution in [3.8, 4) is 0 Å². The highest BCUT2D eigenvalue weighted by atomic mass is 32.2. The van der Waals surface area contributed by atoms with Gasteiger partial charge < -0.3 is 15.4 Å². The van der Waals surface area contributed by atoms with Crippen molar-refractivity contribution < 1.29 is 4.74 Å². The van der Waals surface area contributed by atoms with Crippen LogP contribution >= 0.6 is 11.8 Å². The maximum atomic E-state index is 5.82. The van der Waals surface area contributed by atoms with Gasteiger partial charge in [-0.15, -0.1) is 0 Å². The molecule has 2 aromatic rings. The molecule has 0 amide bonds. The third-order valence-corrected chi connectivity index (χ3v) is 4.25. The van der Waals surface area contributed by atoms with Gasteiger partial charge in [0.05, 0.1) is 13.2 Å².